The van der Waals surface area contributed by atoms with Gasteiger partial charge in [-0.3, -0.25) is 9.59 Å². The molecule has 2 atom stereocenters. The van der Waals surface area contributed by atoms with Gasteiger partial charge in [-0.25, -0.2) is 9.13 Å². The van der Waals surface area contributed by atoms with Crippen LogP contribution in [0.4, 0.5) is 0 Å². The number of unbranched alkanes of at least 4 members (excludes halogenated alkanes) is 14. The molecule has 0 aliphatic carbocycles. The van der Waals surface area contributed by atoms with E-state index in [1.54, 1.807) is 0 Å². The van der Waals surface area contributed by atoms with Crippen LogP contribution in [0.3, 0.4) is 0 Å². The lowest BCUT2D eigenvalue weighted by Gasteiger charge is -2.10. The molecule has 0 radical (unpaired) electrons. The summed E-state index contributed by atoms with van der Waals surface area (Å²) in [5.74, 6) is 0.0130. The molecule has 6 heteroatoms. The van der Waals surface area contributed by atoms with Crippen LogP contribution in [0.15, 0.2) is 12.5 Å². The number of nitrogens with zero attached hydrogens (tertiary/aromatic N) is 2. The van der Waals surface area contributed by atoms with Crippen molar-refractivity contribution < 1.29 is 23.6 Å². The zero-order valence-corrected chi connectivity index (χ0v) is 23.5. The molecule has 0 aromatic carbocycles. The number of rotatable bonds is 21. The average molecular weight is 506 g/mol. The lowest BCUT2D eigenvalue weighted by atomic mass is 9.89. The number of carbonyl (C=O) groups is 2. The van der Waals surface area contributed by atoms with Gasteiger partial charge in [-0.2, -0.15) is 0 Å². The van der Waals surface area contributed by atoms with Gasteiger partial charge in [0.15, 0.2) is 0 Å². The van der Waals surface area contributed by atoms with E-state index in [0.29, 0.717) is 13.0 Å². The second-order valence-electron chi connectivity index (χ2n) is 10.8. The molecule has 0 unspecified atom stereocenters. The summed E-state index contributed by atoms with van der Waals surface area (Å²) in [5, 5.41) is 0. The highest BCUT2D eigenvalue weighted by Crippen LogP contribution is 2.28. The summed E-state index contributed by atoms with van der Waals surface area (Å²) >= 11 is 0. The van der Waals surface area contributed by atoms with Gasteiger partial charge < -0.3 is 9.47 Å². The Morgan fingerprint density at radius 3 is 2.06 bits per heavy atom. The highest BCUT2D eigenvalue weighted by Gasteiger charge is 2.36. The SMILES string of the molecule is CCCCCCCCCCCCCCCCCC(=O)OC[n+]1cc(C[C@H]2COC(=O)[C@H]2CC)n(C)c1. The number of esters is 2. The molecule has 206 valence electrons. The zero-order chi connectivity index (χ0) is 26.0. The molecular weight excluding hydrogens is 452 g/mol. The lowest BCUT2D eigenvalue weighted by Crippen LogP contribution is -2.33. The van der Waals surface area contributed by atoms with Gasteiger partial charge in [-0.05, 0) is 12.8 Å². The predicted octanol–water partition coefficient (Wildman–Crippen LogP) is 6.82. The first-order valence-electron chi connectivity index (χ1n) is 14.9. The molecule has 2 heterocycles. The number of aromatic nitrogens is 2. The van der Waals surface area contributed by atoms with Gasteiger partial charge in [0.1, 0.15) is 11.9 Å². The van der Waals surface area contributed by atoms with Crippen LogP contribution in [0.25, 0.3) is 0 Å². The summed E-state index contributed by atoms with van der Waals surface area (Å²) < 4.78 is 14.7. The van der Waals surface area contributed by atoms with Crippen LogP contribution in [0.5, 0.6) is 0 Å². The van der Waals surface area contributed by atoms with E-state index in [2.05, 4.69) is 6.92 Å². The van der Waals surface area contributed by atoms with Gasteiger partial charge in [0.25, 0.3) is 0 Å². The van der Waals surface area contributed by atoms with E-state index in [1.165, 1.54) is 83.5 Å². The van der Waals surface area contributed by atoms with E-state index in [0.717, 1.165) is 31.4 Å². The molecule has 6 nitrogen and oxygen atoms in total. The second-order valence-corrected chi connectivity index (χ2v) is 10.8. The summed E-state index contributed by atoms with van der Waals surface area (Å²) in [5.41, 5.74) is 1.12. The fourth-order valence-corrected chi connectivity index (χ4v) is 5.31. The quantitative estimate of drug-likeness (QED) is 0.104. The van der Waals surface area contributed by atoms with Gasteiger partial charge in [0.2, 0.25) is 13.1 Å². The van der Waals surface area contributed by atoms with E-state index >= 15 is 0 Å². The first-order valence-corrected chi connectivity index (χ1v) is 14.9. The van der Waals surface area contributed by atoms with Crippen molar-refractivity contribution in [1.82, 2.24) is 4.57 Å². The maximum absolute atomic E-state index is 12.1. The molecule has 1 aliphatic heterocycles. The van der Waals surface area contributed by atoms with Crippen LogP contribution in [0, 0.1) is 11.8 Å². The second kappa shape index (κ2) is 18.4. The van der Waals surface area contributed by atoms with Crippen LogP contribution in [-0.4, -0.2) is 23.1 Å². The third-order valence-corrected chi connectivity index (χ3v) is 7.67. The van der Waals surface area contributed by atoms with Crippen LogP contribution < -0.4 is 4.57 Å². The van der Waals surface area contributed by atoms with E-state index in [4.69, 9.17) is 9.47 Å². The standard InChI is InChI=1S/C30H53N2O4/c1-4-6-7-8-9-10-11-12-13-14-15-16-17-18-19-20-29(33)36-25-32-22-27(31(3)24-32)21-26-23-35-30(34)28(26)5-2/h22,24,26,28H,4-21,23,25H2,1-3H3/q+1/t26-,28-/m0/s1. The first kappa shape index (κ1) is 30.4. The van der Waals surface area contributed by atoms with Crippen molar-refractivity contribution in [2.75, 3.05) is 6.61 Å². The van der Waals surface area contributed by atoms with E-state index in [9.17, 15) is 9.59 Å². The Kier molecular flexibility index (Phi) is 15.5. The smallest absolute Gasteiger partial charge is 0.309 e. The van der Waals surface area contributed by atoms with Crippen molar-refractivity contribution in [3.8, 4) is 0 Å². The fraction of sp³-hybridized carbons (Fsp3) is 0.833. The molecule has 1 aromatic rings. The molecule has 1 aliphatic rings. The van der Waals surface area contributed by atoms with Crippen molar-refractivity contribution in [1.29, 1.82) is 0 Å². The van der Waals surface area contributed by atoms with Gasteiger partial charge in [-0.1, -0.05) is 104 Å². The largest absolute Gasteiger partial charge is 0.465 e. The molecule has 0 spiro atoms. The number of carbonyl (C=O) groups excluding carboxylic acids is 2. The predicted molar refractivity (Wildman–Crippen MR) is 143 cm³/mol. The number of cyclic esters (lactones) is 1. The minimum absolute atomic E-state index is 0.0129. The van der Waals surface area contributed by atoms with Crippen molar-refractivity contribution in [3.05, 3.63) is 18.2 Å². The van der Waals surface area contributed by atoms with Crippen LogP contribution >= 0.6 is 0 Å². The molecule has 0 N–H and O–H groups in total. The monoisotopic (exact) mass is 505 g/mol. The van der Waals surface area contributed by atoms with E-state index in [1.807, 2.05) is 35.6 Å². The van der Waals surface area contributed by atoms with Crippen molar-refractivity contribution in [3.63, 3.8) is 0 Å². The van der Waals surface area contributed by atoms with Crippen molar-refractivity contribution in [2.45, 2.75) is 136 Å². The Morgan fingerprint density at radius 2 is 1.50 bits per heavy atom. The third kappa shape index (κ3) is 11.9. The number of aryl methyl sites for hydroxylation is 1. The molecule has 1 fully saturated rings. The molecule has 1 aromatic heterocycles. The van der Waals surface area contributed by atoms with E-state index < -0.39 is 0 Å². The van der Waals surface area contributed by atoms with Crippen LogP contribution in [0.2, 0.25) is 0 Å². The number of ether oxygens (including phenoxy) is 2. The molecule has 36 heavy (non-hydrogen) atoms. The average Bonchev–Trinajstić information content (AvgIpc) is 3.41. The van der Waals surface area contributed by atoms with Gasteiger partial charge in [-0.15, -0.1) is 0 Å². The summed E-state index contributed by atoms with van der Waals surface area (Å²) in [6, 6.07) is 0. The Bertz CT molecular complexity index is 745. The Balaban J connectivity index is 1.45. The highest BCUT2D eigenvalue weighted by atomic mass is 16.5. The summed E-state index contributed by atoms with van der Waals surface area (Å²) in [6.45, 7) is 5.05. The molecule has 2 rings (SSSR count). The Morgan fingerprint density at radius 1 is 0.944 bits per heavy atom. The normalized spacial score (nSPS) is 17.5. The Labute approximate surface area is 220 Å². The van der Waals surface area contributed by atoms with Gasteiger partial charge in [0, 0.05) is 18.8 Å². The molecule has 0 saturated carbocycles. The van der Waals surface area contributed by atoms with E-state index in [-0.39, 0.29) is 30.5 Å². The number of hydrogen-bond donors (Lipinski definition) is 0. The minimum atomic E-state index is -0.122. The minimum Gasteiger partial charge on any atom is -0.465 e. The number of hydrogen-bond acceptors (Lipinski definition) is 4. The molecular formula is C30H53N2O4+. The van der Waals surface area contributed by atoms with Crippen LogP contribution in [0.1, 0.15) is 129 Å². The third-order valence-electron chi connectivity index (χ3n) is 7.67. The molecule has 1 saturated heterocycles. The summed E-state index contributed by atoms with van der Waals surface area (Å²) in [4.78, 5) is 24.0. The highest BCUT2D eigenvalue weighted by molar-refractivity contribution is 5.74. The zero-order valence-electron chi connectivity index (χ0n) is 23.5. The Hall–Kier alpha value is -1.85. The van der Waals surface area contributed by atoms with Crippen LogP contribution in [-0.2, 0) is 39.3 Å². The van der Waals surface area contributed by atoms with Gasteiger partial charge in [0.05, 0.1) is 19.6 Å². The topological polar surface area (TPSA) is 61.4 Å². The van der Waals surface area contributed by atoms with Gasteiger partial charge >= 0.3 is 11.9 Å². The maximum atomic E-state index is 12.1. The molecule has 0 bridgehead atoms. The molecule has 0 amide bonds. The summed E-state index contributed by atoms with van der Waals surface area (Å²) in [7, 11) is 1.99. The first-order chi connectivity index (χ1) is 17.5. The number of imidazole rings is 1. The summed E-state index contributed by atoms with van der Waals surface area (Å²) in [6.07, 6.45) is 25.9. The van der Waals surface area contributed by atoms with Crippen molar-refractivity contribution >= 4 is 11.9 Å². The fourth-order valence-electron chi connectivity index (χ4n) is 5.31. The lowest BCUT2D eigenvalue weighted by molar-refractivity contribution is -0.727. The maximum Gasteiger partial charge on any atom is 0.309 e. The van der Waals surface area contributed by atoms with Crippen molar-refractivity contribution in [2.24, 2.45) is 18.9 Å².